The van der Waals surface area contributed by atoms with E-state index < -0.39 is 92.8 Å². The standard InChI is InChI=1S/C41H51N4O12PSi/c1-25-23-44(39(49)42-37(25)47)33-21-31-35(53-33)29(46)19-13-14-20-30(55-58(51,52-6)56-31)36-32(22-34(54-36)45-24-26(2)38(48)43-40(45)50)57-59(41(3,4)5,27-15-9-7-10-16-27)28-17-11-8-12-18-28/h7-18,23-24,29-36,46H,19-22H2,1-6H3,(H,42,47,49)(H,43,48,50)/b14-13+/t29-,30-,31-,32-,33+,34+,35+,36+,58?/m0/s1. The highest BCUT2D eigenvalue weighted by Gasteiger charge is 2.56. The summed E-state index contributed by atoms with van der Waals surface area (Å²) in [7, 11) is -6.64. The summed E-state index contributed by atoms with van der Waals surface area (Å²) < 4.78 is 55.9. The van der Waals surface area contributed by atoms with Crippen LogP contribution in [0.1, 0.15) is 70.0 Å². The zero-order valence-electron chi connectivity index (χ0n) is 33.8. The zero-order valence-corrected chi connectivity index (χ0v) is 35.7. The highest BCUT2D eigenvalue weighted by molar-refractivity contribution is 7.48. The lowest BCUT2D eigenvalue weighted by Crippen LogP contribution is -2.68. The number of hydrogen-bond acceptors (Lipinski definition) is 12. The van der Waals surface area contributed by atoms with E-state index in [1.54, 1.807) is 26.0 Å². The third-order valence-corrected chi connectivity index (χ3v) is 17.9. The number of aliphatic hydroxyl groups is 1. The number of nitrogens with one attached hydrogen (secondary N) is 2. The van der Waals surface area contributed by atoms with Gasteiger partial charge in [0.1, 0.15) is 36.9 Å². The van der Waals surface area contributed by atoms with Crippen LogP contribution in [0.3, 0.4) is 0 Å². The number of H-pyrrole nitrogens is 2. The number of nitrogens with zero attached hydrogens (tertiary/aromatic N) is 2. The van der Waals surface area contributed by atoms with Crippen molar-refractivity contribution in [1.29, 1.82) is 0 Å². The zero-order chi connectivity index (χ0) is 42.3. The van der Waals surface area contributed by atoms with Crippen molar-refractivity contribution in [3.8, 4) is 0 Å². The lowest BCUT2D eigenvalue weighted by atomic mass is 10.0. The van der Waals surface area contributed by atoms with Gasteiger partial charge in [0.05, 0.1) is 12.2 Å². The number of aliphatic hydroxyl groups excluding tert-OH is 1. The van der Waals surface area contributed by atoms with Crippen LogP contribution in [0.15, 0.2) is 104 Å². The van der Waals surface area contributed by atoms with Gasteiger partial charge in [0.2, 0.25) is 0 Å². The molecule has 3 aliphatic rings. The summed E-state index contributed by atoms with van der Waals surface area (Å²) in [5.41, 5.74) is -1.88. The van der Waals surface area contributed by atoms with Gasteiger partial charge in [-0.05, 0) is 42.1 Å². The molecule has 316 valence electrons. The van der Waals surface area contributed by atoms with E-state index in [2.05, 4.69) is 55.0 Å². The largest absolute Gasteiger partial charge is 0.475 e. The highest BCUT2D eigenvalue weighted by Crippen LogP contribution is 2.55. The number of fused-ring (bicyclic) bond motifs is 1. The first kappa shape index (κ1) is 42.8. The van der Waals surface area contributed by atoms with E-state index in [9.17, 15) is 28.8 Å². The fourth-order valence-corrected chi connectivity index (χ4v) is 14.4. The van der Waals surface area contributed by atoms with Crippen LogP contribution in [0.4, 0.5) is 0 Å². The SMILES string of the molecule is COP1(=O)O[C@H]([C@H]2O[C@@H](n3cc(C)c(=O)[nH]c3=O)C[C@@H]2O[Si](c2ccccc2)(c2ccccc2)C(C)(C)C)C/C=C/C[C@H](O)[C@H]2O[C@@H](n3cc(C)c(=O)[nH]c3=O)C[C@@H]2O1. The topological polar surface area (TPSA) is 202 Å². The minimum atomic E-state index is -4.54. The van der Waals surface area contributed by atoms with Crippen LogP contribution in [0.2, 0.25) is 5.04 Å². The van der Waals surface area contributed by atoms with Crippen molar-refractivity contribution >= 4 is 26.5 Å². The monoisotopic (exact) mass is 850 g/mol. The van der Waals surface area contributed by atoms with Crippen molar-refractivity contribution in [2.24, 2.45) is 0 Å². The van der Waals surface area contributed by atoms with Crippen LogP contribution >= 0.6 is 7.82 Å². The Morgan fingerprint density at radius 2 is 1.24 bits per heavy atom. The Labute approximate surface area is 341 Å². The van der Waals surface area contributed by atoms with Crippen LogP contribution in [0, 0.1) is 13.8 Å². The van der Waals surface area contributed by atoms with E-state index in [4.69, 9.17) is 27.5 Å². The number of benzene rings is 2. The Balaban J connectivity index is 1.30. The summed E-state index contributed by atoms with van der Waals surface area (Å²) in [6.45, 7) is 9.55. The van der Waals surface area contributed by atoms with Crippen LogP contribution in [0.25, 0.3) is 0 Å². The predicted octanol–water partition coefficient (Wildman–Crippen LogP) is 3.46. The molecule has 4 aromatic rings. The number of phosphoric ester groups is 1. The number of rotatable bonds is 8. The molecule has 2 fully saturated rings. The summed E-state index contributed by atoms with van der Waals surface area (Å²) in [5, 5.41) is 12.9. The molecule has 0 aliphatic carbocycles. The second-order valence-electron chi connectivity index (χ2n) is 16.3. The normalized spacial score (nSPS) is 29.7. The van der Waals surface area contributed by atoms with Gasteiger partial charge >= 0.3 is 19.2 Å². The Bertz CT molecular complexity index is 2410. The number of aromatic nitrogens is 4. The smallest absolute Gasteiger partial charge is 0.402 e. The lowest BCUT2D eigenvalue weighted by molar-refractivity contribution is -0.0933. The van der Waals surface area contributed by atoms with Crippen molar-refractivity contribution in [2.75, 3.05) is 7.11 Å². The molecular weight excluding hydrogens is 800 g/mol. The van der Waals surface area contributed by atoms with E-state index >= 15 is 0 Å². The molecule has 18 heteroatoms. The Morgan fingerprint density at radius 1 is 0.746 bits per heavy atom. The summed E-state index contributed by atoms with van der Waals surface area (Å²) in [6, 6.07) is 20.0. The number of hydrogen-bond donors (Lipinski definition) is 3. The fraction of sp³-hybridized carbons (Fsp3) is 0.463. The molecule has 1 unspecified atom stereocenters. The molecule has 0 radical (unpaired) electrons. The molecule has 2 aromatic heterocycles. The first-order valence-electron chi connectivity index (χ1n) is 19.6. The Morgan fingerprint density at radius 3 is 1.76 bits per heavy atom. The summed E-state index contributed by atoms with van der Waals surface area (Å²) in [4.78, 5) is 55.4. The second kappa shape index (κ2) is 17.0. The van der Waals surface area contributed by atoms with Gasteiger partial charge in [-0.3, -0.25) is 42.3 Å². The Hall–Kier alpha value is -4.29. The van der Waals surface area contributed by atoms with Crippen molar-refractivity contribution in [2.45, 2.75) is 114 Å². The van der Waals surface area contributed by atoms with Crippen molar-refractivity contribution in [3.05, 3.63) is 138 Å². The van der Waals surface area contributed by atoms with E-state index in [-0.39, 0.29) is 31.2 Å². The van der Waals surface area contributed by atoms with Gasteiger partial charge in [-0.2, -0.15) is 0 Å². The third kappa shape index (κ3) is 8.53. The fourth-order valence-electron chi connectivity index (χ4n) is 8.36. The van der Waals surface area contributed by atoms with Crippen LogP contribution in [0.5, 0.6) is 0 Å². The first-order valence-corrected chi connectivity index (χ1v) is 23.0. The maximum Gasteiger partial charge on any atom is 0.475 e. The molecule has 0 amide bonds. The average molecular weight is 851 g/mol. The molecule has 59 heavy (non-hydrogen) atoms. The summed E-state index contributed by atoms with van der Waals surface area (Å²) in [5.74, 6) is 0. The van der Waals surface area contributed by atoms with Gasteiger partial charge in [-0.1, -0.05) is 93.6 Å². The molecular formula is C41H51N4O12PSi. The maximum atomic E-state index is 14.7. The van der Waals surface area contributed by atoms with E-state index in [0.717, 1.165) is 10.4 Å². The van der Waals surface area contributed by atoms with E-state index in [1.807, 2.05) is 36.4 Å². The van der Waals surface area contributed by atoms with Gasteiger partial charge in [0.15, 0.2) is 0 Å². The lowest BCUT2D eigenvalue weighted by Gasteiger charge is -2.45. The summed E-state index contributed by atoms with van der Waals surface area (Å²) >= 11 is 0. The quantitative estimate of drug-likeness (QED) is 0.133. The van der Waals surface area contributed by atoms with Gasteiger partial charge in [-0.15, -0.1) is 0 Å². The minimum absolute atomic E-state index is 0.0473. The molecule has 3 N–H and O–H groups in total. The molecule has 9 atom stereocenters. The second-order valence-corrected chi connectivity index (χ2v) is 22.2. The van der Waals surface area contributed by atoms with E-state index in [1.165, 1.54) is 28.6 Å². The third-order valence-electron chi connectivity index (χ3n) is 11.3. The van der Waals surface area contributed by atoms with Crippen molar-refractivity contribution in [3.63, 3.8) is 0 Å². The van der Waals surface area contributed by atoms with E-state index in [0.29, 0.717) is 5.56 Å². The first-order chi connectivity index (χ1) is 28.0. The molecule has 5 heterocycles. The van der Waals surface area contributed by atoms with Gasteiger partial charge in [0.25, 0.3) is 19.4 Å². The molecule has 2 saturated heterocycles. The molecule has 2 aromatic carbocycles. The van der Waals surface area contributed by atoms with Crippen LogP contribution in [-0.4, -0.2) is 76.3 Å². The highest BCUT2D eigenvalue weighted by atomic mass is 31.2. The van der Waals surface area contributed by atoms with Crippen molar-refractivity contribution < 1.29 is 37.1 Å². The molecule has 7 rings (SSSR count). The maximum absolute atomic E-state index is 14.7. The molecule has 3 aliphatic heterocycles. The molecule has 0 spiro atoms. The summed E-state index contributed by atoms with van der Waals surface area (Å²) in [6.07, 6.45) is -1.46. The van der Waals surface area contributed by atoms with Gasteiger partial charge in [0, 0.05) is 43.5 Å². The number of ether oxygens (including phenoxy) is 2. The number of phosphoric acid groups is 1. The number of aromatic amines is 2. The minimum Gasteiger partial charge on any atom is -0.402 e. The van der Waals surface area contributed by atoms with Crippen LogP contribution < -0.4 is 32.9 Å². The van der Waals surface area contributed by atoms with Gasteiger partial charge < -0.3 is 19.0 Å². The average Bonchev–Trinajstić information content (AvgIpc) is 3.81. The molecule has 0 saturated carbocycles. The molecule has 0 bridgehead atoms. The predicted molar refractivity (Wildman–Crippen MR) is 220 cm³/mol. The van der Waals surface area contributed by atoms with Crippen LogP contribution in [-0.2, 0) is 32.0 Å². The molecule has 16 nitrogen and oxygen atoms in total. The van der Waals surface area contributed by atoms with Gasteiger partial charge in [-0.25, -0.2) is 14.2 Å². The van der Waals surface area contributed by atoms with Crippen molar-refractivity contribution in [1.82, 2.24) is 19.1 Å². The Kier molecular flexibility index (Phi) is 12.3. The number of aryl methyl sites for hydroxylation is 2.